The second kappa shape index (κ2) is 5.81. The van der Waals surface area contributed by atoms with Gasteiger partial charge in [0.15, 0.2) is 0 Å². The first-order valence-corrected chi connectivity index (χ1v) is 1.80. The van der Waals surface area contributed by atoms with Gasteiger partial charge in [-0.3, -0.25) is 4.70 Å². The summed E-state index contributed by atoms with van der Waals surface area (Å²) < 4.78 is 0. The van der Waals surface area contributed by atoms with Crippen LogP contribution in [0.5, 0.6) is 0 Å². The van der Waals surface area contributed by atoms with Gasteiger partial charge in [-0.05, 0) is 0 Å². The minimum absolute atomic E-state index is 0. The van der Waals surface area contributed by atoms with Crippen molar-refractivity contribution in [2.75, 3.05) is 13.2 Å². The van der Waals surface area contributed by atoms with Crippen LogP contribution in [0.1, 0.15) is 0 Å². The molecule has 0 fully saturated rings. The lowest BCUT2D eigenvalue weighted by Gasteiger charge is -1.97. The van der Waals surface area contributed by atoms with Crippen molar-refractivity contribution in [3.05, 3.63) is 0 Å². The number of hydrogen-bond donors (Lipinski definition) is 3. The van der Waals surface area contributed by atoms with E-state index in [0.29, 0.717) is 0 Å². The summed E-state index contributed by atoms with van der Waals surface area (Å²) in [6.07, 6.45) is -0.731. The molecular formula is C3H10FNO2. The van der Waals surface area contributed by atoms with Crippen molar-refractivity contribution in [3.63, 3.8) is 0 Å². The number of rotatable bonds is 2. The average molecular weight is 111 g/mol. The normalized spacial score (nSPS) is 12.4. The number of halogens is 1. The Morgan fingerprint density at radius 1 is 1.57 bits per heavy atom. The number of aliphatic hydroxyl groups excluding tert-OH is 2. The molecule has 4 heteroatoms. The summed E-state index contributed by atoms with van der Waals surface area (Å²) in [4.78, 5) is 0. The van der Waals surface area contributed by atoms with Crippen LogP contribution in [0.3, 0.4) is 0 Å². The van der Waals surface area contributed by atoms with E-state index in [9.17, 15) is 0 Å². The smallest absolute Gasteiger partial charge is 0.0892 e. The van der Waals surface area contributed by atoms with E-state index in [-0.39, 0.29) is 17.9 Å². The average Bonchev–Trinajstić information content (AvgIpc) is 1.65. The van der Waals surface area contributed by atoms with E-state index in [0.717, 1.165) is 0 Å². The molecule has 0 saturated carbocycles. The van der Waals surface area contributed by atoms with Crippen LogP contribution in [0, 0.1) is 0 Å². The van der Waals surface area contributed by atoms with E-state index >= 15 is 0 Å². The minimum Gasteiger partial charge on any atom is -0.394 e. The Bertz CT molecular complexity index is 32.1. The maximum Gasteiger partial charge on any atom is 0.0892 e. The molecule has 3 nitrogen and oxygen atoms in total. The molecule has 0 aromatic heterocycles. The highest BCUT2D eigenvalue weighted by molar-refractivity contribution is 4.48. The van der Waals surface area contributed by atoms with Crippen LogP contribution in [0.15, 0.2) is 0 Å². The molecule has 1 atom stereocenters. The van der Waals surface area contributed by atoms with Gasteiger partial charge in [0.1, 0.15) is 0 Å². The number of aliphatic hydroxyl groups is 2. The van der Waals surface area contributed by atoms with E-state index in [1.54, 1.807) is 0 Å². The highest BCUT2D eigenvalue weighted by Crippen LogP contribution is 1.69. The number of nitrogens with two attached hydrogens (primary N) is 1. The van der Waals surface area contributed by atoms with Crippen molar-refractivity contribution >= 4 is 0 Å². The maximum absolute atomic E-state index is 8.29. The quantitative estimate of drug-likeness (QED) is 0.404. The van der Waals surface area contributed by atoms with E-state index in [4.69, 9.17) is 15.9 Å². The van der Waals surface area contributed by atoms with Crippen LogP contribution in [0.25, 0.3) is 0 Å². The van der Waals surface area contributed by atoms with Gasteiger partial charge in [-0.15, -0.1) is 0 Å². The third-order valence-corrected chi connectivity index (χ3v) is 0.483. The molecule has 0 saturated heterocycles. The highest BCUT2D eigenvalue weighted by atomic mass is 19.0. The topological polar surface area (TPSA) is 66.5 Å². The SMILES string of the molecule is F.NCC(O)CO. The van der Waals surface area contributed by atoms with Crippen LogP contribution in [0.2, 0.25) is 0 Å². The second-order valence-corrected chi connectivity index (χ2v) is 1.07. The van der Waals surface area contributed by atoms with Crippen molar-refractivity contribution in [2.24, 2.45) is 5.73 Å². The minimum atomic E-state index is -0.731. The van der Waals surface area contributed by atoms with Gasteiger partial charge in [0, 0.05) is 6.54 Å². The molecule has 7 heavy (non-hydrogen) atoms. The van der Waals surface area contributed by atoms with Gasteiger partial charge in [-0.2, -0.15) is 0 Å². The van der Waals surface area contributed by atoms with E-state index in [1.165, 1.54) is 0 Å². The first-order chi connectivity index (χ1) is 2.81. The van der Waals surface area contributed by atoms with Gasteiger partial charge < -0.3 is 15.9 Å². The summed E-state index contributed by atoms with van der Waals surface area (Å²) in [7, 11) is 0. The molecule has 0 aromatic rings. The van der Waals surface area contributed by atoms with Crippen molar-refractivity contribution < 1.29 is 14.9 Å². The lowest BCUT2D eigenvalue weighted by atomic mass is 10.4. The molecule has 4 N–H and O–H groups in total. The summed E-state index contributed by atoms with van der Waals surface area (Å²) >= 11 is 0. The Hall–Kier alpha value is -0.190. The lowest BCUT2D eigenvalue weighted by molar-refractivity contribution is 0.102. The molecule has 0 aliphatic carbocycles. The van der Waals surface area contributed by atoms with Gasteiger partial charge in [-0.25, -0.2) is 0 Å². The van der Waals surface area contributed by atoms with Crippen molar-refractivity contribution in [1.29, 1.82) is 0 Å². The molecule has 0 spiro atoms. The Morgan fingerprint density at radius 2 is 2.00 bits per heavy atom. The third-order valence-electron chi connectivity index (χ3n) is 0.483. The molecular weight excluding hydrogens is 101 g/mol. The van der Waals surface area contributed by atoms with Gasteiger partial charge >= 0.3 is 0 Å². The van der Waals surface area contributed by atoms with Crippen LogP contribution < -0.4 is 5.73 Å². The van der Waals surface area contributed by atoms with Crippen molar-refractivity contribution in [2.45, 2.75) is 6.10 Å². The fraction of sp³-hybridized carbons (Fsp3) is 1.00. The second-order valence-electron chi connectivity index (χ2n) is 1.07. The van der Waals surface area contributed by atoms with E-state index in [1.807, 2.05) is 0 Å². The predicted octanol–water partition coefficient (Wildman–Crippen LogP) is -1.55. The Morgan fingerprint density at radius 3 is 2.00 bits per heavy atom. The molecule has 46 valence electrons. The van der Waals surface area contributed by atoms with Gasteiger partial charge in [0.2, 0.25) is 0 Å². The molecule has 0 bridgehead atoms. The zero-order chi connectivity index (χ0) is 4.99. The standard InChI is InChI=1S/C3H9NO2.FH/c4-1-3(6)2-5;/h3,5-6H,1-2,4H2;1H. The van der Waals surface area contributed by atoms with Crippen LogP contribution in [-0.4, -0.2) is 29.5 Å². The molecule has 0 radical (unpaired) electrons. The van der Waals surface area contributed by atoms with E-state index in [2.05, 4.69) is 0 Å². The third kappa shape index (κ3) is 5.81. The summed E-state index contributed by atoms with van der Waals surface area (Å²) in [6, 6.07) is 0. The Kier molecular flexibility index (Phi) is 8.25. The molecule has 1 unspecified atom stereocenters. The first kappa shape index (κ1) is 9.94. The van der Waals surface area contributed by atoms with Crippen molar-refractivity contribution in [3.8, 4) is 0 Å². The molecule has 0 heterocycles. The zero-order valence-electron chi connectivity index (χ0n) is 3.87. The number of hydrogen-bond acceptors (Lipinski definition) is 3. The molecule has 0 aliphatic heterocycles. The first-order valence-electron chi connectivity index (χ1n) is 1.80. The maximum atomic E-state index is 8.29. The predicted molar refractivity (Wildman–Crippen MR) is 24.6 cm³/mol. The van der Waals surface area contributed by atoms with Crippen LogP contribution >= 0.6 is 0 Å². The lowest BCUT2D eigenvalue weighted by Crippen LogP contribution is -2.22. The van der Waals surface area contributed by atoms with E-state index < -0.39 is 6.10 Å². The largest absolute Gasteiger partial charge is 0.394 e. The van der Waals surface area contributed by atoms with Crippen molar-refractivity contribution in [1.82, 2.24) is 0 Å². The summed E-state index contributed by atoms with van der Waals surface area (Å²) in [6.45, 7) is -0.104. The fourth-order valence-electron chi connectivity index (χ4n) is 0.0745. The van der Waals surface area contributed by atoms with Crippen LogP contribution in [0.4, 0.5) is 4.70 Å². The molecule has 0 aromatic carbocycles. The van der Waals surface area contributed by atoms with Gasteiger partial charge in [0.25, 0.3) is 0 Å². The Balaban J connectivity index is 0. The van der Waals surface area contributed by atoms with Gasteiger partial charge in [-0.1, -0.05) is 0 Å². The summed E-state index contributed by atoms with van der Waals surface area (Å²) in [5.41, 5.74) is 4.87. The summed E-state index contributed by atoms with van der Waals surface area (Å²) in [5, 5.41) is 16.3. The summed E-state index contributed by atoms with van der Waals surface area (Å²) in [5.74, 6) is 0. The zero-order valence-corrected chi connectivity index (χ0v) is 3.87. The molecule has 0 aliphatic rings. The highest BCUT2D eigenvalue weighted by Gasteiger charge is 1.92. The molecule has 0 rings (SSSR count). The Labute approximate surface area is 41.1 Å². The molecule has 0 amide bonds. The monoisotopic (exact) mass is 111 g/mol. The van der Waals surface area contributed by atoms with Gasteiger partial charge in [0.05, 0.1) is 12.7 Å². The fourth-order valence-corrected chi connectivity index (χ4v) is 0.0745. The van der Waals surface area contributed by atoms with Crippen LogP contribution in [-0.2, 0) is 0 Å².